The molecular formula is C20H26N4O. The number of carbonyl (C=O) groups excluding carboxylic acids is 1. The predicted molar refractivity (Wildman–Crippen MR) is 97.2 cm³/mol. The van der Waals surface area contributed by atoms with Crippen molar-refractivity contribution in [1.29, 1.82) is 0 Å². The Morgan fingerprint density at radius 3 is 2.60 bits per heavy atom. The summed E-state index contributed by atoms with van der Waals surface area (Å²) in [6, 6.07) is 10.8. The van der Waals surface area contributed by atoms with Gasteiger partial charge in [0.25, 0.3) is 5.91 Å². The van der Waals surface area contributed by atoms with Crippen LogP contribution in [0.4, 0.5) is 0 Å². The summed E-state index contributed by atoms with van der Waals surface area (Å²) in [6.07, 6.45) is 5.42. The second-order valence-corrected chi connectivity index (χ2v) is 7.16. The van der Waals surface area contributed by atoms with Crippen LogP contribution in [0.2, 0.25) is 0 Å². The monoisotopic (exact) mass is 338 g/mol. The maximum Gasteiger partial charge on any atom is 0.274 e. The minimum Gasteiger partial charge on any atom is -0.337 e. The second kappa shape index (κ2) is 7.00. The molecule has 0 spiro atoms. The molecule has 1 saturated heterocycles. The van der Waals surface area contributed by atoms with Crippen LogP contribution in [0, 0.1) is 0 Å². The number of likely N-dealkylation sites (tertiary alicyclic amines) is 1. The fourth-order valence-electron chi connectivity index (χ4n) is 3.93. The zero-order valence-electron chi connectivity index (χ0n) is 14.9. The Bertz CT molecular complexity index is 733. The van der Waals surface area contributed by atoms with Gasteiger partial charge in [-0.05, 0) is 31.7 Å². The summed E-state index contributed by atoms with van der Waals surface area (Å²) in [4.78, 5) is 21.9. The fraction of sp³-hybridized carbons (Fsp3) is 0.500. The predicted octanol–water partition coefficient (Wildman–Crippen LogP) is 3.09. The van der Waals surface area contributed by atoms with Gasteiger partial charge in [-0.3, -0.25) is 9.69 Å². The first-order valence-corrected chi connectivity index (χ1v) is 9.37. The van der Waals surface area contributed by atoms with Crippen molar-refractivity contribution in [1.82, 2.24) is 19.4 Å². The van der Waals surface area contributed by atoms with Crippen molar-refractivity contribution in [3.05, 3.63) is 53.6 Å². The summed E-state index contributed by atoms with van der Waals surface area (Å²) in [7, 11) is 0. The van der Waals surface area contributed by atoms with E-state index < -0.39 is 0 Å². The molecule has 0 N–H and O–H groups in total. The van der Waals surface area contributed by atoms with E-state index >= 15 is 0 Å². The number of fused-ring (bicyclic) bond motifs is 1. The molecule has 0 aliphatic carbocycles. The van der Waals surface area contributed by atoms with E-state index in [1.165, 1.54) is 12.0 Å². The molecule has 4 rings (SSSR count). The molecule has 1 atom stereocenters. The lowest BCUT2D eigenvalue weighted by Crippen LogP contribution is -2.36. The lowest BCUT2D eigenvalue weighted by Gasteiger charge is -2.33. The first-order valence-electron chi connectivity index (χ1n) is 9.37. The summed E-state index contributed by atoms with van der Waals surface area (Å²) in [6.45, 7) is 6.73. The molecule has 0 bridgehead atoms. The van der Waals surface area contributed by atoms with Crippen LogP contribution in [0.15, 0.2) is 36.5 Å². The van der Waals surface area contributed by atoms with E-state index in [2.05, 4.69) is 40.7 Å². The van der Waals surface area contributed by atoms with E-state index in [1.54, 1.807) is 0 Å². The van der Waals surface area contributed by atoms with E-state index in [1.807, 2.05) is 17.2 Å². The maximum atomic E-state index is 12.7. The molecule has 2 aromatic rings. The number of nitrogens with zero attached hydrogens (tertiary/aromatic N) is 4. The molecule has 25 heavy (non-hydrogen) atoms. The number of carbonyl (C=O) groups is 1. The quantitative estimate of drug-likeness (QED) is 0.863. The van der Waals surface area contributed by atoms with E-state index in [0.717, 1.165) is 51.4 Å². The summed E-state index contributed by atoms with van der Waals surface area (Å²) in [5.74, 6) is 1.12. The number of benzene rings is 1. The third-order valence-electron chi connectivity index (χ3n) is 5.45. The van der Waals surface area contributed by atoms with Crippen molar-refractivity contribution in [2.24, 2.45) is 0 Å². The molecule has 0 saturated carbocycles. The molecule has 5 nitrogen and oxygen atoms in total. The highest BCUT2D eigenvalue weighted by atomic mass is 16.2. The zero-order chi connectivity index (χ0) is 17.2. The summed E-state index contributed by atoms with van der Waals surface area (Å²) < 4.78 is 2.17. The Morgan fingerprint density at radius 1 is 1.08 bits per heavy atom. The van der Waals surface area contributed by atoms with Crippen LogP contribution in [0.25, 0.3) is 0 Å². The van der Waals surface area contributed by atoms with Gasteiger partial charge >= 0.3 is 0 Å². The van der Waals surface area contributed by atoms with Gasteiger partial charge in [-0.1, -0.05) is 30.3 Å². The molecule has 2 aliphatic rings. The lowest BCUT2D eigenvalue weighted by atomic mass is 10.1. The van der Waals surface area contributed by atoms with Gasteiger partial charge in [0.15, 0.2) is 0 Å². The van der Waals surface area contributed by atoms with Crippen LogP contribution < -0.4 is 0 Å². The number of hydrogen-bond acceptors (Lipinski definition) is 3. The number of imidazole rings is 1. The summed E-state index contributed by atoms with van der Waals surface area (Å²) in [5.41, 5.74) is 1.93. The van der Waals surface area contributed by atoms with Crippen LogP contribution in [0.1, 0.15) is 54.1 Å². The minimum absolute atomic E-state index is 0.100. The standard InChI is InChI=1S/C20H26N4O/c1-16-19-21-18(20(25)22-10-6-3-7-11-22)15-24(19)13-12-23(16)14-17-8-4-2-5-9-17/h2,4-5,8-9,15-16H,3,6-7,10-14H2,1H3/t16-/m1/s1. The van der Waals surface area contributed by atoms with E-state index in [-0.39, 0.29) is 11.9 Å². The van der Waals surface area contributed by atoms with Crippen molar-refractivity contribution >= 4 is 5.91 Å². The van der Waals surface area contributed by atoms with Gasteiger partial charge < -0.3 is 9.47 Å². The number of aromatic nitrogens is 2. The molecule has 1 amide bonds. The van der Waals surface area contributed by atoms with Gasteiger partial charge in [0, 0.05) is 38.9 Å². The largest absolute Gasteiger partial charge is 0.337 e. The van der Waals surface area contributed by atoms with Crippen molar-refractivity contribution in [2.75, 3.05) is 19.6 Å². The molecule has 2 aliphatic heterocycles. The van der Waals surface area contributed by atoms with E-state index in [9.17, 15) is 4.79 Å². The minimum atomic E-state index is 0.100. The molecule has 0 unspecified atom stereocenters. The average Bonchev–Trinajstić information content (AvgIpc) is 3.10. The number of piperidine rings is 1. The van der Waals surface area contributed by atoms with E-state index in [4.69, 9.17) is 4.98 Å². The lowest BCUT2D eigenvalue weighted by molar-refractivity contribution is 0.0718. The highest BCUT2D eigenvalue weighted by Gasteiger charge is 2.29. The Hall–Kier alpha value is -2.14. The topological polar surface area (TPSA) is 41.4 Å². The van der Waals surface area contributed by atoms with Crippen molar-refractivity contribution in [2.45, 2.75) is 45.3 Å². The van der Waals surface area contributed by atoms with Gasteiger partial charge in [0.2, 0.25) is 0 Å². The van der Waals surface area contributed by atoms with Gasteiger partial charge in [0.1, 0.15) is 11.5 Å². The molecule has 132 valence electrons. The fourth-order valence-corrected chi connectivity index (χ4v) is 3.93. The van der Waals surface area contributed by atoms with Crippen molar-refractivity contribution in [3.8, 4) is 0 Å². The Labute approximate surface area is 149 Å². The highest BCUT2D eigenvalue weighted by Crippen LogP contribution is 2.26. The van der Waals surface area contributed by atoms with Crippen LogP contribution >= 0.6 is 0 Å². The van der Waals surface area contributed by atoms with Gasteiger partial charge in [0.05, 0.1) is 6.04 Å². The summed E-state index contributed by atoms with van der Waals surface area (Å²) >= 11 is 0. The van der Waals surface area contributed by atoms with Gasteiger partial charge in [-0.25, -0.2) is 4.98 Å². The number of hydrogen-bond donors (Lipinski definition) is 0. The van der Waals surface area contributed by atoms with Crippen molar-refractivity contribution in [3.63, 3.8) is 0 Å². The van der Waals surface area contributed by atoms with Crippen molar-refractivity contribution < 1.29 is 4.79 Å². The zero-order valence-corrected chi connectivity index (χ0v) is 14.9. The Balaban J connectivity index is 1.50. The molecule has 1 aromatic carbocycles. The first kappa shape index (κ1) is 16.3. The maximum absolute atomic E-state index is 12.7. The molecular weight excluding hydrogens is 312 g/mol. The highest BCUT2D eigenvalue weighted by molar-refractivity contribution is 5.92. The smallest absolute Gasteiger partial charge is 0.274 e. The van der Waals surface area contributed by atoms with Crippen LogP contribution in [0.5, 0.6) is 0 Å². The van der Waals surface area contributed by atoms with Crippen LogP contribution in [-0.2, 0) is 13.1 Å². The Morgan fingerprint density at radius 2 is 1.84 bits per heavy atom. The average molecular weight is 338 g/mol. The van der Waals surface area contributed by atoms with Crippen LogP contribution in [-0.4, -0.2) is 44.9 Å². The molecule has 1 fully saturated rings. The number of rotatable bonds is 3. The van der Waals surface area contributed by atoms with E-state index in [0.29, 0.717) is 5.69 Å². The number of amides is 1. The first-order chi connectivity index (χ1) is 12.2. The van der Waals surface area contributed by atoms with Crippen LogP contribution in [0.3, 0.4) is 0 Å². The second-order valence-electron chi connectivity index (χ2n) is 7.16. The molecule has 5 heteroatoms. The molecule has 3 heterocycles. The normalized spacial score (nSPS) is 21.2. The molecule has 1 aromatic heterocycles. The van der Waals surface area contributed by atoms with Gasteiger partial charge in [-0.2, -0.15) is 0 Å². The van der Waals surface area contributed by atoms with Gasteiger partial charge in [-0.15, -0.1) is 0 Å². The molecule has 0 radical (unpaired) electrons. The third-order valence-corrected chi connectivity index (χ3v) is 5.45. The SMILES string of the molecule is C[C@@H]1c2nc(C(=O)N3CCCCC3)cn2CCN1Cc1ccccc1. The summed E-state index contributed by atoms with van der Waals surface area (Å²) in [5, 5.41) is 0. The third kappa shape index (κ3) is 3.33. The Kier molecular flexibility index (Phi) is 4.57.